The number of nitrogens with zero attached hydrogens (tertiary/aromatic N) is 2. The highest BCUT2D eigenvalue weighted by Crippen LogP contribution is 2.28. The van der Waals surface area contributed by atoms with Gasteiger partial charge >= 0.3 is 5.97 Å². The number of hydrogen-bond acceptors (Lipinski definition) is 4. The first-order chi connectivity index (χ1) is 20.2. The van der Waals surface area contributed by atoms with Crippen molar-refractivity contribution in [3.8, 4) is 11.5 Å². The average Bonchev–Trinajstić information content (AvgIpc) is 3.35. The first-order valence-corrected chi connectivity index (χ1v) is 14.8. The average molecular weight is 569 g/mol. The second-order valence-corrected chi connectivity index (χ2v) is 12.0. The van der Waals surface area contributed by atoms with Crippen molar-refractivity contribution in [1.29, 1.82) is 0 Å². The van der Waals surface area contributed by atoms with Crippen LogP contribution in [0.15, 0.2) is 72.8 Å². The summed E-state index contributed by atoms with van der Waals surface area (Å²) < 4.78 is 14.2. The van der Waals surface area contributed by atoms with Crippen molar-refractivity contribution in [2.45, 2.75) is 65.0 Å². The lowest BCUT2D eigenvalue weighted by Gasteiger charge is -2.27. The molecule has 5 rings (SSSR count). The Balaban J connectivity index is 1.34. The molecule has 0 unspecified atom stereocenters. The van der Waals surface area contributed by atoms with Gasteiger partial charge in [0.25, 0.3) is 5.91 Å². The molecule has 0 spiro atoms. The smallest absolute Gasteiger partial charge is 0.336 e. The van der Waals surface area contributed by atoms with Crippen LogP contribution in [0.25, 0.3) is 10.9 Å². The Kier molecular flexibility index (Phi) is 8.86. The summed E-state index contributed by atoms with van der Waals surface area (Å²) in [5.74, 6) is 0.533. The first-order valence-electron chi connectivity index (χ1n) is 14.8. The molecule has 0 bridgehead atoms. The molecule has 4 aromatic rings. The van der Waals surface area contributed by atoms with E-state index < -0.39 is 5.97 Å². The van der Waals surface area contributed by atoms with E-state index in [1.54, 1.807) is 24.3 Å². The summed E-state index contributed by atoms with van der Waals surface area (Å²) >= 11 is 0. The van der Waals surface area contributed by atoms with Crippen LogP contribution in [0.4, 0.5) is 0 Å². The van der Waals surface area contributed by atoms with Crippen LogP contribution in [-0.2, 0) is 18.6 Å². The number of aryl methyl sites for hydroxylation is 1. The number of carbonyl (C=O) groups excluding carboxylic acids is 1. The number of aromatic nitrogens is 1. The zero-order chi connectivity index (χ0) is 29.7. The molecule has 1 aromatic heterocycles. The van der Waals surface area contributed by atoms with E-state index in [9.17, 15) is 14.7 Å². The maximum atomic E-state index is 13.6. The summed E-state index contributed by atoms with van der Waals surface area (Å²) in [5, 5.41) is 10.5. The standard InChI is InChI=1S/C35H40N2O5/c1-35(2,3)27-13-16-28(17-14-27)41-21-9-20-37-31-23-29(42-24-26-10-5-6-11-30(26)34(39)40)15-12-25(31)22-32(37)33(38)36-18-7-4-8-19-36/h5-6,10-17,22-23H,4,7-9,18-21,24H2,1-3H3,(H,39,40). The monoisotopic (exact) mass is 568 g/mol. The fourth-order valence-corrected chi connectivity index (χ4v) is 5.48. The van der Waals surface area contributed by atoms with E-state index in [0.717, 1.165) is 55.4 Å². The van der Waals surface area contributed by atoms with Gasteiger partial charge in [-0.3, -0.25) is 4.79 Å². The molecule has 220 valence electrons. The van der Waals surface area contributed by atoms with Gasteiger partial charge in [0.15, 0.2) is 0 Å². The van der Waals surface area contributed by atoms with Crippen molar-refractivity contribution in [2.24, 2.45) is 0 Å². The fourth-order valence-electron chi connectivity index (χ4n) is 5.48. The number of piperidine rings is 1. The normalized spacial score (nSPS) is 13.7. The van der Waals surface area contributed by atoms with Crippen LogP contribution in [0.1, 0.15) is 78.4 Å². The molecule has 42 heavy (non-hydrogen) atoms. The van der Waals surface area contributed by atoms with Gasteiger partial charge in [0.2, 0.25) is 0 Å². The zero-order valence-electron chi connectivity index (χ0n) is 24.8. The SMILES string of the molecule is CC(C)(C)c1ccc(OCCCn2c(C(=O)N3CCCCC3)cc3ccc(OCc4ccccc4C(=O)O)cc32)cc1. The molecule has 1 amide bonds. The second-order valence-electron chi connectivity index (χ2n) is 12.0. The third-order valence-electron chi connectivity index (χ3n) is 7.90. The van der Waals surface area contributed by atoms with Gasteiger partial charge < -0.3 is 24.0 Å². The number of likely N-dealkylation sites (tertiary alicyclic amines) is 1. The van der Waals surface area contributed by atoms with Gasteiger partial charge in [-0.1, -0.05) is 51.1 Å². The summed E-state index contributed by atoms with van der Waals surface area (Å²) in [4.78, 5) is 27.2. The number of benzene rings is 3. The lowest BCUT2D eigenvalue weighted by Crippen LogP contribution is -2.36. The molecule has 2 heterocycles. The molecule has 7 nitrogen and oxygen atoms in total. The van der Waals surface area contributed by atoms with Gasteiger partial charge in [0.1, 0.15) is 23.8 Å². The molecule has 0 saturated carbocycles. The third-order valence-corrected chi connectivity index (χ3v) is 7.90. The Morgan fingerprint density at radius 1 is 0.857 bits per heavy atom. The topological polar surface area (TPSA) is 81.0 Å². The highest BCUT2D eigenvalue weighted by atomic mass is 16.5. The number of carboxylic acid groups (broad SMARTS) is 1. The van der Waals surface area contributed by atoms with E-state index in [1.165, 1.54) is 5.56 Å². The molecule has 7 heteroatoms. The first kappa shape index (κ1) is 29.2. The highest BCUT2D eigenvalue weighted by Gasteiger charge is 2.23. The Labute approximate surface area is 247 Å². The van der Waals surface area contributed by atoms with Crippen LogP contribution < -0.4 is 9.47 Å². The number of rotatable bonds is 10. The maximum Gasteiger partial charge on any atom is 0.336 e. The highest BCUT2D eigenvalue weighted by molar-refractivity contribution is 5.99. The van der Waals surface area contributed by atoms with Gasteiger partial charge in [-0.15, -0.1) is 0 Å². The number of carbonyl (C=O) groups is 2. The van der Waals surface area contributed by atoms with Crippen molar-refractivity contribution in [1.82, 2.24) is 9.47 Å². The number of fused-ring (bicyclic) bond motifs is 1. The van der Waals surface area contributed by atoms with Crippen LogP contribution in [0.2, 0.25) is 0 Å². The minimum Gasteiger partial charge on any atom is -0.494 e. The van der Waals surface area contributed by atoms with Gasteiger partial charge in [-0.25, -0.2) is 4.79 Å². The summed E-state index contributed by atoms with van der Waals surface area (Å²) in [7, 11) is 0. The largest absolute Gasteiger partial charge is 0.494 e. The Bertz CT molecular complexity index is 1540. The van der Waals surface area contributed by atoms with E-state index in [1.807, 2.05) is 41.3 Å². The molecular weight excluding hydrogens is 528 g/mol. The predicted octanol–water partition coefficient (Wildman–Crippen LogP) is 7.31. The number of hydrogen-bond donors (Lipinski definition) is 1. The van der Waals surface area contributed by atoms with E-state index in [2.05, 4.69) is 37.5 Å². The Hall–Kier alpha value is -4.26. The third kappa shape index (κ3) is 6.78. The van der Waals surface area contributed by atoms with E-state index >= 15 is 0 Å². The molecule has 1 saturated heterocycles. The van der Waals surface area contributed by atoms with Crippen LogP contribution in [0, 0.1) is 0 Å². The summed E-state index contributed by atoms with van der Waals surface area (Å²) in [6, 6.07) is 22.9. The molecule has 1 aliphatic rings. The summed E-state index contributed by atoms with van der Waals surface area (Å²) in [5.41, 5.74) is 3.77. The Morgan fingerprint density at radius 2 is 1.57 bits per heavy atom. The number of ether oxygens (including phenoxy) is 2. The number of aromatic carboxylic acids is 1. The van der Waals surface area contributed by atoms with Gasteiger partial charge in [0.05, 0.1) is 17.7 Å². The van der Waals surface area contributed by atoms with Gasteiger partial charge in [-0.2, -0.15) is 0 Å². The second kappa shape index (κ2) is 12.7. The van der Waals surface area contributed by atoms with Crippen molar-refractivity contribution in [3.05, 3.63) is 95.2 Å². The lowest BCUT2D eigenvalue weighted by atomic mass is 9.87. The molecule has 0 atom stereocenters. The van der Waals surface area contributed by atoms with Crippen LogP contribution in [-0.4, -0.2) is 46.1 Å². The predicted molar refractivity (Wildman–Crippen MR) is 165 cm³/mol. The maximum absolute atomic E-state index is 13.6. The minimum atomic E-state index is -0.980. The van der Waals surface area contributed by atoms with Gasteiger partial charge in [0, 0.05) is 36.7 Å². The van der Waals surface area contributed by atoms with Crippen LogP contribution >= 0.6 is 0 Å². The molecule has 1 aliphatic heterocycles. The molecule has 3 aromatic carbocycles. The number of amides is 1. The molecule has 0 aliphatic carbocycles. The summed E-state index contributed by atoms with van der Waals surface area (Å²) in [6.45, 7) is 9.42. The molecule has 1 N–H and O–H groups in total. The minimum absolute atomic E-state index is 0.0578. The van der Waals surface area contributed by atoms with E-state index in [0.29, 0.717) is 30.2 Å². The van der Waals surface area contributed by atoms with E-state index in [4.69, 9.17) is 9.47 Å². The van der Waals surface area contributed by atoms with Crippen molar-refractivity contribution in [3.63, 3.8) is 0 Å². The zero-order valence-corrected chi connectivity index (χ0v) is 24.8. The van der Waals surface area contributed by atoms with E-state index in [-0.39, 0.29) is 23.5 Å². The number of carboxylic acids is 1. The lowest BCUT2D eigenvalue weighted by molar-refractivity contribution is 0.0690. The fraction of sp³-hybridized carbons (Fsp3) is 0.371. The van der Waals surface area contributed by atoms with Crippen LogP contribution in [0.5, 0.6) is 11.5 Å². The van der Waals surface area contributed by atoms with Crippen molar-refractivity contribution < 1.29 is 24.2 Å². The van der Waals surface area contributed by atoms with Gasteiger partial charge in [-0.05, 0) is 73.1 Å². The van der Waals surface area contributed by atoms with Crippen LogP contribution in [0.3, 0.4) is 0 Å². The summed E-state index contributed by atoms with van der Waals surface area (Å²) in [6.07, 6.45) is 3.95. The molecular formula is C35H40N2O5. The van der Waals surface area contributed by atoms with Crippen molar-refractivity contribution in [2.75, 3.05) is 19.7 Å². The molecule has 1 fully saturated rings. The quantitative estimate of drug-likeness (QED) is 0.203. The Morgan fingerprint density at radius 3 is 2.29 bits per heavy atom. The molecule has 0 radical (unpaired) electrons. The van der Waals surface area contributed by atoms with Crippen molar-refractivity contribution >= 4 is 22.8 Å².